The summed E-state index contributed by atoms with van der Waals surface area (Å²) in [5, 5.41) is 11.9. The van der Waals surface area contributed by atoms with Crippen molar-refractivity contribution in [3.05, 3.63) is 35.4 Å². The second-order valence-corrected chi connectivity index (χ2v) is 6.69. The summed E-state index contributed by atoms with van der Waals surface area (Å²) in [6, 6.07) is 7.22. The molecule has 0 radical (unpaired) electrons. The molecule has 0 aliphatic heterocycles. The van der Waals surface area contributed by atoms with Crippen LogP contribution in [0.25, 0.3) is 0 Å². The van der Waals surface area contributed by atoms with Gasteiger partial charge in [0, 0.05) is 19.4 Å². The van der Waals surface area contributed by atoms with Crippen molar-refractivity contribution in [2.24, 2.45) is 5.92 Å². The molecule has 2 rings (SSSR count). The summed E-state index contributed by atoms with van der Waals surface area (Å²) >= 11 is 0. The Morgan fingerprint density at radius 2 is 2.00 bits per heavy atom. The minimum Gasteiger partial charge on any atom is -0.388 e. The molecule has 0 saturated heterocycles. The highest BCUT2D eigenvalue weighted by atomic mass is 19.4. The van der Waals surface area contributed by atoms with Gasteiger partial charge in [-0.2, -0.15) is 13.2 Å². The van der Waals surface area contributed by atoms with Crippen LogP contribution >= 0.6 is 0 Å². The number of halogens is 3. The molecule has 1 aliphatic rings. The lowest BCUT2D eigenvalue weighted by molar-refractivity contribution is -0.173. The molecule has 1 aliphatic carbocycles. The van der Waals surface area contributed by atoms with Gasteiger partial charge in [0.1, 0.15) is 0 Å². The van der Waals surface area contributed by atoms with Gasteiger partial charge in [0.15, 0.2) is 0 Å². The fourth-order valence-corrected chi connectivity index (χ4v) is 3.10. The lowest BCUT2D eigenvalue weighted by Gasteiger charge is -2.13. The number of hydrogen-bond acceptors (Lipinski definition) is 2. The van der Waals surface area contributed by atoms with Gasteiger partial charge in [-0.05, 0) is 36.3 Å². The first-order chi connectivity index (χ1) is 12.4. The van der Waals surface area contributed by atoms with Crippen LogP contribution in [-0.4, -0.2) is 23.7 Å². The molecule has 1 atom stereocenters. The standard InChI is InChI=1S/C20H24F3NO2/c21-20(22,23)19(26)24-13-12-18(25)17-11-5-10-16(14-17)9-4-3-8-15-6-1-2-7-15/h5,10-11,14-15,18,25H,1-2,6-9,12-13H2,(H,24,26). The molecule has 0 spiro atoms. The average Bonchev–Trinajstić information content (AvgIpc) is 3.11. The van der Waals surface area contributed by atoms with Crippen LogP contribution < -0.4 is 5.32 Å². The maximum absolute atomic E-state index is 12.1. The number of aliphatic hydroxyl groups excluding tert-OH is 1. The molecule has 6 heteroatoms. The smallest absolute Gasteiger partial charge is 0.388 e. The van der Waals surface area contributed by atoms with Crippen molar-refractivity contribution < 1.29 is 23.1 Å². The van der Waals surface area contributed by atoms with Gasteiger partial charge in [-0.1, -0.05) is 43.0 Å². The number of alkyl halides is 3. The van der Waals surface area contributed by atoms with Crippen LogP contribution in [0.15, 0.2) is 24.3 Å². The highest BCUT2D eigenvalue weighted by molar-refractivity contribution is 5.81. The molecule has 1 aromatic carbocycles. The predicted molar refractivity (Wildman–Crippen MR) is 93.1 cm³/mol. The Hall–Kier alpha value is -2.00. The first kappa shape index (κ1) is 20.3. The first-order valence-electron chi connectivity index (χ1n) is 8.94. The Morgan fingerprint density at radius 3 is 2.69 bits per heavy atom. The highest BCUT2D eigenvalue weighted by Gasteiger charge is 2.38. The van der Waals surface area contributed by atoms with Gasteiger partial charge in [0.2, 0.25) is 0 Å². The van der Waals surface area contributed by atoms with E-state index >= 15 is 0 Å². The molecule has 1 saturated carbocycles. The zero-order valence-corrected chi connectivity index (χ0v) is 14.6. The molecule has 1 amide bonds. The van der Waals surface area contributed by atoms with Crippen molar-refractivity contribution in [1.29, 1.82) is 0 Å². The average molecular weight is 367 g/mol. The lowest BCUT2D eigenvalue weighted by atomic mass is 10.0. The quantitative estimate of drug-likeness (QED) is 0.749. The van der Waals surface area contributed by atoms with E-state index in [4.69, 9.17) is 0 Å². The third kappa shape index (κ3) is 6.72. The zero-order chi connectivity index (χ0) is 19.0. The Balaban J connectivity index is 1.79. The van der Waals surface area contributed by atoms with Crippen LogP contribution in [0, 0.1) is 17.8 Å². The van der Waals surface area contributed by atoms with E-state index in [0.717, 1.165) is 17.9 Å². The SMILES string of the molecule is O=C(NCCC(O)c1cccc(CC#CCC2CCCC2)c1)C(F)(F)F. The normalized spacial score (nSPS) is 16.0. The molecule has 142 valence electrons. The van der Waals surface area contributed by atoms with Crippen LogP contribution in [0.4, 0.5) is 13.2 Å². The van der Waals surface area contributed by atoms with Gasteiger partial charge >= 0.3 is 12.1 Å². The first-order valence-corrected chi connectivity index (χ1v) is 8.94. The van der Waals surface area contributed by atoms with Crippen molar-refractivity contribution in [1.82, 2.24) is 5.32 Å². The summed E-state index contributed by atoms with van der Waals surface area (Å²) in [6.07, 6.45) is 0.823. The van der Waals surface area contributed by atoms with Crippen LogP contribution in [0.2, 0.25) is 0 Å². The zero-order valence-electron chi connectivity index (χ0n) is 14.6. The Kier molecular flexibility index (Phi) is 7.52. The summed E-state index contributed by atoms with van der Waals surface area (Å²) < 4.78 is 36.3. The molecule has 26 heavy (non-hydrogen) atoms. The molecule has 1 fully saturated rings. The highest BCUT2D eigenvalue weighted by Crippen LogP contribution is 2.26. The second kappa shape index (κ2) is 9.63. The summed E-state index contributed by atoms with van der Waals surface area (Å²) in [5.74, 6) is 5.11. The molecule has 0 bridgehead atoms. The van der Waals surface area contributed by atoms with E-state index in [1.165, 1.54) is 25.7 Å². The third-order valence-corrected chi connectivity index (χ3v) is 4.58. The van der Waals surface area contributed by atoms with Crippen LogP contribution in [-0.2, 0) is 11.2 Å². The van der Waals surface area contributed by atoms with E-state index in [-0.39, 0.29) is 13.0 Å². The van der Waals surface area contributed by atoms with Crippen molar-refractivity contribution in [3.63, 3.8) is 0 Å². The molecule has 2 N–H and O–H groups in total. The Morgan fingerprint density at radius 1 is 1.27 bits per heavy atom. The second-order valence-electron chi connectivity index (χ2n) is 6.69. The predicted octanol–water partition coefficient (Wildman–Crippen LogP) is 3.91. The maximum Gasteiger partial charge on any atom is 0.471 e. The summed E-state index contributed by atoms with van der Waals surface area (Å²) in [4.78, 5) is 10.7. The monoisotopic (exact) mass is 367 g/mol. The number of hydrogen-bond donors (Lipinski definition) is 2. The van der Waals surface area contributed by atoms with Crippen LogP contribution in [0.1, 0.15) is 55.8 Å². The minimum absolute atomic E-state index is 0.0125. The topological polar surface area (TPSA) is 49.3 Å². The number of nitrogens with one attached hydrogen (secondary N) is 1. The van der Waals surface area contributed by atoms with Crippen molar-refractivity contribution in [2.75, 3.05) is 6.54 Å². The van der Waals surface area contributed by atoms with Crippen LogP contribution in [0.3, 0.4) is 0 Å². The number of carbonyl (C=O) groups excluding carboxylic acids is 1. The Labute approximate surface area is 152 Å². The van der Waals surface area contributed by atoms with Crippen molar-refractivity contribution in [2.45, 2.75) is 57.2 Å². The van der Waals surface area contributed by atoms with E-state index in [0.29, 0.717) is 12.0 Å². The molecular weight excluding hydrogens is 343 g/mol. The van der Waals surface area contributed by atoms with E-state index < -0.39 is 18.2 Å². The van der Waals surface area contributed by atoms with Crippen LogP contribution in [0.5, 0.6) is 0 Å². The summed E-state index contributed by atoms with van der Waals surface area (Å²) in [6.45, 7) is -0.245. The van der Waals surface area contributed by atoms with E-state index in [2.05, 4.69) is 11.8 Å². The fourth-order valence-electron chi connectivity index (χ4n) is 3.10. The van der Waals surface area contributed by atoms with Gasteiger partial charge in [-0.15, -0.1) is 5.92 Å². The minimum atomic E-state index is -4.90. The Bertz CT molecular complexity index is 655. The van der Waals surface area contributed by atoms with E-state index in [1.807, 2.05) is 6.07 Å². The largest absolute Gasteiger partial charge is 0.471 e. The molecule has 1 unspecified atom stereocenters. The number of carbonyl (C=O) groups is 1. The maximum atomic E-state index is 12.1. The van der Waals surface area contributed by atoms with Gasteiger partial charge in [0.25, 0.3) is 0 Å². The molecule has 3 nitrogen and oxygen atoms in total. The summed E-state index contributed by atoms with van der Waals surface area (Å²) in [5.41, 5.74) is 1.57. The number of benzene rings is 1. The van der Waals surface area contributed by atoms with Gasteiger partial charge in [-0.25, -0.2) is 0 Å². The van der Waals surface area contributed by atoms with Gasteiger partial charge in [0.05, 0.1) is 6.10 Å². The van der Waals surface area contributed by atoms with Gasteiger partial charge < -0.3 is 10.4 Å². The fraction of sp³-hybridized carbons (Fsp3) is 0.550. The van der Waals surface area contributed by atoms with Crippen molar-refractivity contribution >= 4 is 5.91 Å². The third-order valence-electron chi connectivity index (χ3n) is 4.58. The van der Waals surface area contributed by atoms with Crippen molar-refractivity contribution in [3.8, 4) is 11.8 Å². The summed E-state index contributed by atoms with van der Waals surface area (Å²) in [7, 11) is 0. The number of aliphatic hydroxyl groups is 1. The molecule has 1 aromatic rings. The molecule has 0 heterocycles. The molecule has 0 aromatic heterocycles. The number of amides is 1. The van der Waals surface area contributed by atoms with E-state index in [1.54, 1.807) is 23.5 Å². The lowest BCUT2D eigenvalue weighted by Crippen LogP contribution is -2.37. The van der Waals surface area contributed by atoms with E-state index in [9.17, 15) is 23.1 Å². The van der Waals surface area contributed by atoms with Gasteiger partial charge in [-0.3, -0.25) is 4.79 Å². The molecular formula is C20H24F3NO2. The number of rotatable bonds is 6.